The van der Waals surface area contributed by atoms with Crippen molar-refractivity contribution in [2.24, 2.45) is 0 Å². The molecule has 7 aromatic rings. The van der Waals surface area contributed by atoms with Crippen LogP contribution in [-0.4, -0.2) is 0 Å². The third-order valence-corrected chi connectivity index (χ3v) is 17.8. The summed E-state index contributed by atoms with van der Waals surface area (Å²) in [5, 5.41) is 8.49. The molecular weight excluding hydrogens is 670 g/mol. The largest absolute Gasteiger partial charge is 1.00 e. The lowest BCUT2D eigenvalue weighted by Crippen LogP contribution is -3.00. The first-order valence-corrected chi connectivity index (χ1v) is 19.9. The molecule has 0 atom stereocenters. The summed E-state index contributed by atoms with van der Waals surface area (Å²) in [6, 6.07) is 76.8. The van der Waals surface area contributed by atoms with Gasteiger partial charge in [0.2, 0.25) is 0 Å². The minimum atomic E-state index is -2.07. The molecule has 0 N–H and O–H groups in total. The molecule has 3 heteroatoms. The summed E-state index contributed by atoms with van der Waals surface area (Å²) in [5.74, 6) is 0. The Labute approximate surface area is 291 Å². The normalized spacial score (nSPS) is 11.4. The third-order valence-electron chi connectivity index (χ3n) is 9.12. The topological polar surface area (TPSA) is 0 Å². The second-order valence-corrected chi connectivity index (χ2v) is 18.7. The molecule has 0 saturated heterocycles. The zero-order chi connectivity index (χ0) is 31.1. The summed E-state index contributed by atoms with van der Waals surface area (Å²) in [4.78, 5) is 0. The van der Waals surface area contributed by atoms with E-state index in [1.54, 1.807) is 0 Å². The van der Waals surface area contributed by atoms with E-state index in [0.29, 0.717) is 0 Å². The molecular formula is C44H38BrP2+. The monoisotopic (exact) mass is 707 g/mol. The smallest absolute Gasteiger partial charge is 0.116 e. The second-order valence-electron chi connectivity index (χ2n) is 11.7. The second kappa shape index (κ2) is 15.2. The summed E-state index contributed by atoms with van der Waals surface area (Å²) in [6.07, 6.45) is 1.92. The molecule has 7 aromatic carbocycles. The van der Waals surface area contributed by atoms with Crippen molar-refractivity contribution in [3.8, 4) is 0 Å². The quantitative estimate of drug-likeness (QED) is 0.161. The van der Waals surface area contributed by atoms with E-state index < -0.39 is 14.5 Å². The van der Waals surface area contributed by atoms with Gasteiger partial charge in [0.05, 0.1) is 12.3 Å². The molecule has 0 heterocycles. The van der Waals surface area contributed by atoms with Crippen LogP contribution in [0.3, 0.4) is 0 Å². The van der Waals surface area contributed by atoms with Crippen LogP contribution < -0.4 is 48.8 Å². The van der Waals surface area contributed by atoms with Gasteiger partial charge >= 0.3 is 0 Å². The van der Waals surface area contributed by atoms with Crippen molar-refractivity contribution in [3.05, 3.63) is 217 Å². The molecule has 0 fully saturated rings. The molecule has 0 aliphatic rings. The molecule has 0 saturated carbocycles. The molecule has 0 unspecified atom stereocenters. The van der Waals surface area contributed by atoms with Gasteiger partial charge in [-0.25, -0.2) is 0 Å². The summed E-state index contributed by atoms with van der Waals surface area (Å²) in [6.45, 7) is 0. The van der Waals surface area contributed by atoms with Gasteiger partial charge in [0.1, 0.15) is 46.4 Å². The van der Waals surface area contributed by atoms with Crippen LogP contribution >= 0.6 is 14.5 Å². The zero-order valence-electron chi connectivity index (χ0n) is 26.3. The number of hydrogen-bond donors (Lipinski definition) is 0. The Balaban J connectivity index is 0.00000386. The first-order chi connectivity index (χ1) is 22.8. The third kappa shape index (κ3) is 6.54. The van der Waals surface area contributed by atoms with Crippen molar-refractivity contribution < 1.29 is 17.0 Å². The highest BCUT2D eigenvalue weighted by molar-refractivity contribution is 7.95. The molecule has 0 aromatic heterocycles. The molecule has 0 radical (unpaired) electrons. The van der Waals surface area contributed by atoms with Crippen molar-refractivity contribution in [1.82, 2.24) is 0 Å². The van der Waals surface area contributed by atoms with Crippen molar-refractivity contribution >= 4 is 46.4 Å². The minimum Gasteiger partial charge on any atom is -1.00 e. The fourth-order valence-corrected chi connectivity index (χ4v) is 15.5. The maximum absolute atomic E-state index is 2.40. The van der Waals surface area contributed by atoms with Crippen LogP contribution in [0.5, 0.6) is 0 Å². The average Bonchev–Trinajstić information content (AvgIpc) is 3.15. The standard InChI is InChI=1S/C44H38P2.BrH/c1-7-23-39(24-8-1)45(40-25-9-2-10-26-40,41-27-11-3-12-28-41)35-37-21-19-20-22-38(37)36-46(42-29-13-4-14-30-42,43-31-15-5-16-32-43)44-33-17-6-18-34-44;/h1-34H,35-36H2;1H/q+2;/p-1. The summed E-state index contributed by atoms with van der Waals surface area (Å²) in [7, 11) is -4.14. The molecule has 0 aliphatic heterocycles. The molecule has 230 valence electrons. The van der Waals surface area contributed by atoms with Crippen molar-refractivity contribution in [3.63, 3.8) is 0 Å². The lowest BCUT2D eigenvalue weighted by atomic mass is 10.1. The first kappa shape index (κ1) is 32.8. The van der Waals surface area contributed by atoms with E-state index in [2.05, 4.69) is 206 Å². The Morgan fingerprint density at radius 1 is 0.234 bits per heavy atom. The van der Waals surface area contributed by atoms with Crippen molar-refractivity contribution in [2.45, 2.75) is 12.3 Å². The molecule has 47 heavy (non-hydrogen) atoms. The van der Waals surface area contributed by atoms with Gasteiger partial charge in [-0.3, -0.25) is 0 Å². The SMILES string of the molecule is [Br-].c1ccc([P+](Cc2ccccc2C[P+](c2ccccc2)(c2ccccc2)c2ccccc2)(c2ccccc2)c2ccccc2)cc1. The van der Waals surface area contributed by atoms with Gasteiger partial charge in [-0.15, -0.1) is 0 Å². The van der Waals surface area contributed by atoms with Gasteiger partial charge in [-0.05, 0) is 83.9 Å². The summed E-state index contributed by atoms with van der Waals surface area (Å²) < 4.78 is 0. The van der Waals surface area contributed by atoms with Crippen molar-refractivity contribution in [2.75, 3.05) is 0 Å². The predicted octanol–water partition coefficient (Wildman–Crippen LogP) is 5.68. The number of rotatable bonds is 10. The number of benzene rings is 7. The first-order valence-electron chi connectivity index (χ1n) is 16.0. The van der Waals surface area contributed by atoms with Gasteiger partial charge in [0.25, 0.3) is 0 Å². The molecule has 0 nitrogen and oxygen atoms in total. The fourth-order valence-electron chi connectivity index (χ4n) is 6.91. The molecule has 0 amide bonds. The van der Waals surface area contributed by atoms with Gasteiger partial charge in [0.15, 0.2) is 0 Å². The van der Waals surface area contributed by atoms with Gasteiger partial charge in [-0.1, -0.05) is 133 Å². The van der Waals surface area contributed by atoms with Crippen LogP contribution in [0, 0.1) is 0 Å². The predicted molar refractivity (Wildman–Crippen MR) is 204 cm³/mol. The Kier molecular flexibility index (Phi) is 10.6. The van der Waals surface area contributed by atoms with E-state index in [4.69, 9.17) is 0 Å². The van der Waals surface area contributed by atoms with E-state index in [1.807, 2.05) is 0 Å². The van der Waals surface area contributed by atoms with Crippen LogP contribution in [0.25, 0.3) is 0 Å². The van der Waals surface area contributed by atoms with Crippen molar-refractivity contribution in [1.29, 1.82) is 0 Å². The van der Waals surface area contributed by atoms with E-state index in [0.717, 1.165) is 12.3 Å². The van der Waals surface area contributed by atoms with Crippen LogP contribution in [-0.2, 0) is 12.3 Å². The Bertz CT molecular complexity index is 1620. The maximum Gasteiger partial charge on any atom is 0.116 e. The fraction of sp³-hybridized carbons (Fsp3) is 0.0455. The molecule has 0 bridgehead atoms. The van der Waals surface area contributed by atoms with Gasteiger partial charge < -0.3 is 17.0 Å². The Hall–Kier alpha value is -4.12. The van der Waals surface area contributed by atoms with E-state index in [9.17, 15) is 0 Å². The highest BCUT2D eigenvalue weighted by Crippen LogP contribution is 2.61. The van der Waals surface area contributed by atoms with Crippen LogP contribution in [0.15, 0.2) is 206 Å². The molecule has 0 spiro atoms. The van der Waals surface area contributed by atoms with E-state index in [-0.39, 0.29) is 17.0 Å². The average molecular weight is 709 g/mol. The summed E-state index contributed by atoms with van der Waals surface area (Å²) >= 11 is 0. The van der Waals surface area contributed by atoms with Gasteiger partial charge in [-0.2, -0.15) is 0 Å². The Morgan fingerprint density at radius 3 is 0.596 bits per heavy atom. The lowest BCUT2D eigenvalue weighted by molar-refractivity contribution is -0.00000880. The minimum absolute atomic E-state index is 0. The molecule has 0 aliphatic carbocycles. The van der Waals surface area contributed by atoms with Crippen LogP contribution in [0.4, 0.5) is 0 Å². The van der Waals surface area contributed by atoms with Crippen LogP contribution in [0.1, 0.15) is 11.1 Å². The lowest BCUT2D eigenvalue weighted by Gasteiger charge is -2.31. The number of halogens is 1. The number of hydrogen-bond acceptors (Lipinski definition) is 0. The highest BCUT2D eigenvalue weighted by Gasteiger charge is 2.48. The maximum atomic E-state index is 2.40. The zero-order valence-corrected chi connectivity index (χ0v) is 29.7. The van der Waals surface area contributed by atoms with Gasteiger partial charge in [0, 0.05) is 0 Å². The van der Waals surface area contributed by atoms with Crippen LogP contribution in [0.2, 0.25) is 0 Å². The summed E-state index contributed by atoms with van der Waals surface area (Å²) in [5.41, 5.74) is 2.86. The van der Waals surface area contributed by atoms with E-state index >= 15 is 0 Å². The van der Waals surface area contributed by atoms with E-state index in [1.165, 1.54) is 43.0 Å². The molecule has 7 rings (SSSR count). The Morgan fingerprint density at radius 2 is 0.404 bits per heavy atom. The highest BCUT2D eigenvalue weighted by atomic mass is 79.9.